The van der Waals surface area contributed by atoms with E-state index >= 15 is 0 Å². The Morgan fingerprint density at radius 3 is 2.45 bits per heavy atom. The highest BCUT2D eigenvalue weighted by Crippen LogP contribution is 2.23. The SMILES string of the molecule is Cc1cc(Br)ccc1NC(=O)CNC(=O)COC(=O)CNC(=O)C1CCCCC1. The van der Waals surface area contributed by atoms with Crippen LogP contribution in [0.5, 0.6) is 0 Å². The fourth-order valence-electron chi connectivity index (χ4n) is 3.06. The Hall–Kier alpha value is -2.42. The van der Waals surface area contributed by atoms with Crippen LogP contribution < -0.4 is 16.0 Å². The smallest absolute Gasteiger partial charge is 0.325 e. The lowest BCUT2D eigenvalue weighted by atomic mass is 9.89. The zero-order valence-corrected chi connectivity index (χ0v) is 18.0. The summed E-state index contributed by atoms with van der Waals surface area (Å²) in [4.78, 5) is 47.3. The fourth-order valence-corrected chi connectivity index (χ4v) is 3.53. The molecule has 1 fully saturated rings. The first kappa shape index (κ1) is 22.9. The van der Waals surface area contributed by atoms with Crippen molar-refractivity contribution >= 4 is 45.3 Å². The molecular weight excluding hydrogens is 442 g/mol. The van der Waals surface area contributed by atoms with Crippen molar-refractivity contribution in [2.75, 3.05) is 25.0 Å². The molecule has 1 aliphatic carbocycles. The highest BCUT2D eigenvalue weighted by Gasteiger charge is 2.21. The second kappa shape index (κ2) is 11.5. The first-order chi connectivity index (χ1) is 13.8. The molecule has 8 nitrogen and oxygen atoms in total. The monoisotopic (exact) mass is 467 g/mol. The van der Waals surface area contributed by atoms with Gasteiger partial charge in [0.05, 0.1) is 6.54 Å². The maximum absolute atomic E-state index is 12.0. The molecule has 0 atom stereocenters. The van der Waals surface area contributed by atoms with Gasteiger partial charge in [-0.25, -0.2) is 0 Å². The Morgan fingerprint density at radius 2 is 1.76 bits per heavy atom. The molecule has 0 radical (unpaired) electrons. The topological polar surface area (TPSA) is 114 Å². The van der Waals surface area contributed by atoms with E-state index in [1.807, 2.05) is 13.0 Å². The van der Waals surface area contributed by atoms with Gasteiger partial charge in [0.2, 0.25) is 11.8 Å². The van der Waals surface area contributed by atoms with Gasteiger partial charge in [0.15, 0.2) is 6.61 Å². The Morgan fingerprint density at radius 1 is 1.03 bits per heavy atom. The summed E-state index contributed by atoms with van der Waals surface area (Å²) >= 11 is 3.35. The minimum atomic E-state index is -0.695. The number of halogens is 1. The van der Waals surface area contributed by atoms with E-state index in [-0.39, 0.29) is 24.9 Å². The van der Waals surface area contributed by atoms with Crippen LogP contribution >= 0.6 is 15.9 Å². The first-order valence-corrected chi connectivity index (χ1v) is 10.4. The van der Waals surface area contributed by atoms with Crippen molar-refractivity contribution in [1.82, 2.24) is 10.6 Å². The molecule has 1 saturated carbocycles. The number of hydrogen-bond acceptors (Lipinski definition) is 5. The van der Waals surface area contributed by atoms with Crippen molar-refractivity contribution in [3.8, 4) is 0 Å². The highest BCUT2D eigenvalue weighted by molar-refractivity contribution is 9.10. The van der Waals surface area contributed by atoms with Gasteiger partial charge in [-0.15, -0.1) is 0 Å². The van der Waals surface area contributed by atoms with Crippen LogP contribution in [0, 0.1) is 12.8 Å². The average molecular weight is 468 g/mol. The van der Waals surface area contributed by atoms with Gasteiger partial charge in [-0.05, 0) is 43.5 Å². The van der Waals surface area contributed by atoms with E-state index in [1.165, 1.54) is 0 Å². The van der Waals surface area contributed by atoms with Crippen LogP contribution in [0.2, 0.25) is 0 Å². The molecule has 158 valence electrons. The lowest BCUT2D eigenvalue weighted by Gasteiger charge is -2.20. The third-order valence-corrected chi connectivity index (χ3v) is 5.15. The summed E-state index contributed by atoms with van der Waals surface area (Å²) in [6.07, 6.45) is 4.87. The van der Waals surface area contributed by atoms with Gasteiger partial charge in [-0.3, -0.25) is 19.2 Å². The summed E-state index contributed by atoms with van der Waals surface area (Å²) in [6.45, 7) is 0.824. The lowest BCUT2D eigenvalue weighted by Crippen LogP contribution is -2.38. The van der Waals surface area contributed by atoms with Crippen LogP contribution in [0.15, 0.2) is 22.7 Å². The third kappa shape index (κ3) is 8.23. The van der Waals surface area contributed by atoms with Crippen LogP contribution in [0.4, 0.5) is 5.69 Å². The standard InChI is InChI=1S/C20H26BrN3O5/c1-13-9-15(21)7-8-16(13)24-17(25)10-22-18(26)12-29-19(27)11-23-20(28)14-5-3-2-4-6-14/h7-9,14H,2-6,10-12H2,1H3,(H,22,26)(H,23,28)(H,24,25). The van der Waals surface area contributed by atoms with Gasteiger partial charge in [0, 0.05) is 16.1 Å². The number of hydrogen-bond donors (Lipinski definition) is 3. The van der Waals surface area contributed by atoms with Gasteiger partial charge in [0.25, 0.3) is 5.91 Å². The van der Waals surface area contributed by atoms with Crippen molar-refractivity contribution < 1.29 is 23.9 Å². The fraction of sp³-hybridized carbons (Fsp3) is 0.500. The second-order valence-corrected chi connectivity index (χ2v) is 7.91. The summed E-state index contributed by atoms with van der Waals surface area (Å²) in [5, 5.41) is 7.62. The first-order valence-electron chi connectivity index (χ1n) is 9.61. The van der Waals surface area contributed by atoms with E-state index in [0.717, 1.165) is 42.1 Å². The van der Waals surface area contributed by atoms with Crippen molar-refractivity contribution in [3.05, 3.63) is 28.2 Å². The summed E-state index contributed by atoms with van der Waals surface area (Å²) in [7, 11) is 0. The molecule has 0 spiro atoms. The predicted octanol–water partition coefficient (Wildman–Crippen LogP) is 2.05. The zero-order valence-electron chi connectivity index (χ0n) is 16.4. The van der Waals surface area contributed by atoms with E-state index in [1.54, 1.807) is 12.1 Å². The molecule has 0 aliphatic heterocycles. The van der Waals surface area contributed by atoms with Crippen LogP contribution in [0.3, 0.4) is 0 Å². The Bertz CT molecular complexity index is 762. The number of anilines is 1. The number of rotatable bonds is 8. The van der Waals surface area contributed by atoms with E-state index in [4.69, 9.17) is 4.74 Å². The molecule has 3 amide bonds. The van der Waals surface area contributed by atoms with Gasteiger partial charge in [0.1, 0.15) is 6.54 Å². The van der Waals surface area contributed by atoms with Gasteiger partial charge in [-0.2, -0.15) is 0 Å². The Kier molecular flexibility index (Phi) is 9.11. The number of benzene rings is 1. The quantitative estimate of drug-likeness (QED) is 0.506. The molecule has 2 rings (SSSR count). The lowest BCUT2D eigenvalue weighted by molar-refractivity contribution is -0.148. The van der Waals surface area contributed by atoms with Crippen molar-refractivity contribution in [2.24, 2.45) is 5.92 Å². The van der Waals surface area contributed by atoms with Crippen LogP contribution in [0.1, 0.15) is 37.7 Å². The number of carbonyl (C=O) groups excluding carboxylic acids is 4. The van der Waals surface area contributed by atoms with Gasteiger partial charge in [-0.1, -0.05) is 35.2 Å². The maximum Gasteiger partial charge on any atom is 0.325 e. The summed E-state index contributed by atoms with van der Waals surface area (Å²) < 4.78 is 5.72. The van der Waals surface area contributed by atoms with E-state index in [0.29, 0.717) is 5.69 Å². The minimum absolute atomic E-state index is 0.0484. The number of ether oxygens (including phenoxy) is 1. The largest absolute Gasteiger partial charge is 0.454 e. The molecule has 0 saturated heterocycles. The molecular formula is C20H26BrN3O5. The second-order valence-electron chi connectivity index (χ2n) is 7.00. The molecule has 29 heavy (non-hydrogen) atoms. The third-order valence-electron chi connectivity index (χ3n) is 4.66. The van der Waals surface area contributed by atoms with E-state index in [2.05, 4.69) is 31.9 Å². The molecule has 0 aromatic heterocycles. The molecule has 1 aromatic rings. The molecule has 1 aromatic carbocycles. The number of aryl methyl sites for hydroxylation is 1. The summed E-state index contributed by atoms with van der Waals surface area (Å²) in [6, 6.07) is 5.41. The van der Waals surface area contributed by atoms with Gasteiger partial charge < -0.3 is 20.7 Å². The van der Waals surface area contributed by atoms with Gasteiger partial charge >= 0.3 is 5.97 Å². The molecule has 0 unspecified atom stereocenters. The van der Waals surface area contributed by atoms with Crippen LogP contribution in [-0.4, -0.2) is 43.4 Å². The number of nitrogens with one attached hydrogen (secondary N) is 3. The summed E-state index contributed by atoms with van der Waals surface area (Å²) in [5.74, 6) is -1.88. The highest BCUT2D eigenvalue weighted by atomic mass is 79.9. The predicted molar refractivity (Wildman–Crippen MR) is 111 cm³/mol. The average Bonchev–Trinajstić information content (AvgIpc) is 2.71. The van der Waals surface area contributed by atoms with E-state index in [9.17, 15) is 19.2 Å². The maximum atomic E-state index is 12.0. The number of amides is 3. The molecule has 3 N–H and O–H groups in total. The zero-order chi connectivity index (χ0) is 21.2. The van der Waals surface area contributed by atoms with Crippen LogP contribution in [-0.2, 0) is 23.9 Å². The normalized spacial score (nSPS) is 14.0. The number of esters is 1. The summed E-state index contributed by atoms with van der Waals surface area (Å²) in [5.41, 5.74) is 1.52. The molecule has 0 bridgehead atoms. The molecule has 0 heterocycles. The minimum Gasteiger partial charge on any atom is -0.454 e. The van der Waals surface area contributed by atoms with Crippen LogP contribution in [0.25, 0.3) is 0 Å². The van der Waals surface area contributed by atoms with E-state index < -0.39 is 24.4 Å². The molecule has 9 heteroatoms. The van der Waals surface area contributed by atoms with Crippen molar-refractivity contribution in [1.29, 1.82) is 0 Å². The Balaban J connectivity index is 1.61. The Labute approximate surface area is 178 Å². The van der Waals surface area contributed by atoms with Crippen molar-refractivity contribution in [2.45, 2.75) is 39.0 Å². The van der Waals surface area contributed by atoms with Crippen molar-refractivity contribution in [3.63, 3.8) is 0 Å². The number of carbonyl (C=O) groups is 4. The molecule has 1 aliphatic rings.